The molecule has 0 bridgehead atoms. The molecular weight excluding hydrogens is 339 g/mol. The first-order chi connectivity index (χ1) is 11.6. The van der Waals surface area contributed by atoms with Crippen LogP contribution in [-0.2, 0) is 19.1 Å². The summed E-state index contributed by atoms with van der Waals surface area (Å²) in [6.07, 6.45) is 0.448. The van der Waals surface area contributed by atoms with E-state index in [0.717, 1.165) is 0 Å². The summed E-state index contributed by atoms with van der Waals surface area (Å²) < 4.78 is 49.6. The molecule has 2 unspecified atom stereocenters. The Kier molecular flexibility index (Phi) is 7.28. The number of hydrogen-bond acceptors (Lipinski definition) is 4. The van der Waals surface area contributed by atoms with Crippen molar-refractivity contribution < 1.29 is 32.2 Å². The Bertz CT molecular complexity index is 469. The molecule has 8 heteroatoms. The maximum absolute atomic E-state index is 12.9. The highest BCUT2D eigenvalue weighted by molar-refractivity contribution is 5.85. The lowest BCUT2D eigenvalue weighted by Gasteiger charge is -2.46. The summed E-state index contributed by atoms with van der Waals surface area (Å²) in [5.74, 6) is -4.21. The maximum Gasteiger partial charge on any atom is 0.308 e. The van der Waals surface area contributed by atoms with Gasteiger partial charge in [-0.1, -0.05) is 20.8 Å². The van der Waals surface area contributed by atoms with Crippen molar-refractivity contribution in [1.82, 2.24) is 0 Å². The molecule has 2 N–H and O–H groups in total. The molecule has 1 heterocycles. The molecule has 1 amide bonds. The summed E-state index contributed by atoms with van der Waals surface area (Å²) in [5.41, 5.74) is 3.19. The van der Waals surface area contributed by atoms with Gasteiger partial charge in [0.05, 0.1) is 12.0 Å². The van der Waals surface area contributed by atoms with Crippen LogP contribution in [0.1, 0.15) is 46.5 Å². The van der Waals surface area contributed by atoms with E-state index >= 15 is 0 Å². The number of alkyl halides is 3. The van der Waals surface area contributed by atoms with Crippen LogP contribution in [0.3, 0.4) is 0 Å². The summed E-state index contributed by atoms with van der Waals surface area (Å²) >= 11 is 0. The Morgan fingerprint density at radius 1 is 1.20 bits per heavy atom. The van der Waals surface area contributed by atoms with Gasteiger partial charge in [-0.2, -0.15) is 0 Å². The normalized spacial score (nSPS) is 24.8. The Balaban J connectivity index is 2.93. The number of esters is 1. The lowest BCUT2D eigenvalue weighted by molar-refractivity contribution is -0.271. The minimum Gasteiger partial charge on any atom is -0.423 e. The number of amides is 1. The number of halogens is 3. The van der Waals surface area contributed by atoms with Gasteiger partial charge in [0.2, 0.25) is 0 Å². The molecule has 0 spiro atoms. The topological polar surface area (TPSA) is 78.6 Å². The average Bonchev–Trinajstić information content (AvgIpc) is 2.56. The standard InChI is InChI=1S/C17H28F3NO4/c1-15(2,3)12-5-4-8-24-17(12,14(21)23)25-13(22)6-7-16(9-18,10-19)11-20/h12H,4-11H2,1-3H3,(H2,21,23). The smallest absolute Gasteiger partial charge is 0.308 e. The molecule has 1 saturated heterocycles. The molecule has 5 nitrogen and oxygen atoms in total. The fraction of sp³-hybridized carbons (Fsp3) is 0.882. The van der Waals surface area contributed by atoms with E-state index in [-0.39, 0.29) is 13.0 Å². The average molecular weight is 367 g/mol. The lowest BCUT2D eigenvalue weighted by Crippen LogP contribution is -2.60. The Labute approximate surface area is 146 Å². The van der Waals surface area contributed by atoms with Crippen LogP contribution < -0.4 is 5.73 Å². The van der Waals surface area contributed by atoms with E-state index in [9.17, 15) is 22.8 Å². The monoisotopic (exact) mass is 367 g/mol. The third kappa shape index (κ3) is 4.86. The first-order valence-electron chi connectivity index (χ1n) is 8.40. The molecule has 25 heavy (non-hydrogen) atoms. The van der Waals surface area contributed by atoms with Crippen LogP contribution in [0.2, 0.25) is 0 Å². The second-order valence-electron chi connectivity index (χ2n) is 7.82. The van der Waals surface area contributed by atoms with Crippen LogP contribution >= 0.6 is 0 Å². The van der Waals surface area contributed by atoms with Crippen LogP contribution in [0.5, 0.6) is 0 Å². The van der Waals surface area contributed by atoms with Gasteiger partial charge in [0.25, 0.3) is 11.7 Å². The zero-order valence-corrected chi connectivity index (χ0v) is 15.1. The first-order valence-corrected chi connectivity index (χ1v) is 8.40. The van der Waals surface area contributed by atoms with Gasteiger partial charge in [-0.3, -0.25) is 22.8 Å². The van der Waals surface area contributed by atoms with Crippen molar-refractivity contribution in [3.05, 3.63) is 0 Å². The maximum atomic E-state index is 12.9. The fourth-order valence-electron chi connectivity index (χ4n) is 3.09. The van der Waals surface area contributed by atoms with Crippen molar-refractivity contribution in [2.45, 2.75) is 52.2 Å². The van der Waals surface area contributed by atoms with Gasteiger partial charge in [-0.15, -0.1) is 0 Å². The molecule has 0 radical (unpaired) electrons. The van der Waals surface area contributed by atoms with Crippen molar-refractivity contribution in [3.8, 4) is 0 Å². The number of ether oxygens (including phenoxy) is 2. The molecule has 2 atom stereocenters. The fourth-order valence-corrected chi connectivity index (χ4v) is 3.09. The Morgan fingerprint density at radius 2 is 1.76 bits per heavy atom. The third-order valence-corrected chi connectivity index (χ3v) is 4.78. The number of rotatable bonds is 8. The minimum atomic E-state index is -1.92. The van der Waals surface area contributed by atoms with Gasteiger partial charge in [0, 0.05) is 12.3 Å². The number of hydrogen-bond donors (Lipinski definition) is 1. The highest BCUT2D eigenvalue weighted by atomic mass is 19.1. The van der Waals surface area contributed by atoms with Crippen molar-refractivity contribution >= 4 is 11.9 Å². The van der Waals surface area contributed by atoms with E-state index < -0.39 is 60.9 Å². The van der Waals surface area contributed by atoms with Crippen molar-refractivity contribution in [3.63, 3.8) is 0 Å². The molecule has 1 rings (SSSR count). The molecule has 0 aromatic rings. The Hall–Kier alpha value is -1.31. The Morgan fingerprint density at radius 3 is 2.20 bits per heavy atom. The summed E-state index contributed by atoms with van der Waals surface area (Å²) in [7, 11) is 0. The quantitative estimate of drug-likeness (QED) is 0.669. The van der Waals surface area contributed by atoms with Gasteiger partial charge in [0.1, 0.15) is 20.0 Å². The lowest BCUT2D eigenvalue weighted by atomic mass is 9.71. The highest BCUT2D eigenvalue weighted by Gasteiger charge is 2.55. The molecule has 1 aliphatic rings. The molecule has 0 aromatic heterocycles. The van der Waals surface area contributed by atoms with Gasteiger partial charge < -0.3 is 15.2 Å². The molecular formula is C17H28F3NO4. The van der Waals surface area contributed by atoms with Crippen LogP contribution in [0, 0.1) is 16.7 Å². The van der Waals surface area contributed by atoms with Crippen molar-refractivity contribution in [1.29, 1.82) is 0 Å². The zero-order chi connectivity index (χ0) is 19.3. The summed E-state index contributed by atoms with van der Waals surface area (Å²) in [6.45, 7) is 2.14. The first kappa shape index (κ1) is 21.7. The predicted molar refractivity (Wildman–Crippen MR) is 85.7 cm³/mol. The largest absolute Gasteiger partial charge is 0.423 e. The van der Waals surface area contributed by atoms with Gasteiger partial charge in [0.15, 0.2) is 0 Å². The zero-order valence-electron chi connectivity index (χ0n) is 15.1. The highest BCUT2D eigenvalue weighted by Crippen LogP contribution is 2.44. The minimum absolute atomic E-state index is 0.201. The van der Waals surface area contributed by atoms with Crippen molar-refractivity contribution in [2.75, 3.05) is 26.6 Å². The van der Waals surface area contributed by atoms with Crippen molar-refractivity contribution in [2.24, 2.45) is 22.5 Å². The second kappa shape index (κ2) is 8.38. The molecule has 1 fully saturated rings. The van der Waals surface area contributed by atoms with E-state index in [1.54, 1.807) is 0 Å². The number of carbonyl (C=O) groups excluding carboxylic acids is 2. The van der Waals surface area contributed by atoms with Gasteiger partial charge in [-0.05, 0) is 24.7 Å². The van der Waals surface area contributed by atoms with E-state index in [0.29, 0.717) is 12.8 Å². The molecule has 0 aliphatic carbocycles. The second-order valence-corrected chi connectivity index (χ2v) is 7.82. The van der Waals surface area contributed by atoms with E-state index in [2.05, 4.69) is 0 Å². The molecule has 1 aliphatic heterocycles. The number of nitrogens with two attached hydrogens (primary N) is 1. The predicted octanol–water partition coefficient (Wildman–Crippen LogP) is 2.86. The number of primary amides is 1. The molecule has 0 aromatic carbocycles. The summed E-state index contributed by atoms with van der Waals surface area (Å²) in [4.78, 5) is 24.3. The van der Waals surface area contributed by atoms with Crippen LogP contribution in [-0.4, -0.2) is 44.3 Å². The van der Waals surface area contributed by atoms with Gasteiger partial charge >= 0.3 is 5.97 Å². The molecule has 146 valence electrons. The number of carbonyl (C=O) groups is 2. The molecule has 0 saturated carbocycles. The van der Waals surface area contributed by atoms with E-state index in [4.69, 9.17) is 15.2 Å². The van der Waals surface area contributed by atoms with Crippen LogP contribution in [0.4, 0.5) is 13.2 Å². The SMILES string of the molecule is CC(C)(C)C1CCCOC1(OC(=O)CCC(CF)(CF)CF)C(N)=O. The van der Waals surface area contributed by atoms with Crippen LogP contribution in [0.15, 0.2) is 0 Å². The van der Waals surface area contributed by atoms with E-state index in [1.165, 1.54) is 0 Å². The third-order valence-electron chi connectivity index (χ3n) is 4.78. The summed E-state index contributed by atoms with van der Waals surface area (Å²) in [5, 5.41) is 0. The van der Waals surface area contributed by atoms with Crippen LogP contribution in [0.25, 0.3) is 0 Å². The van der Waals surface area contributed by atoms with Gasteiger partial charge in [-0.25, -0.2) is 0 Å². The van der Waals surface area contributed by atoms with E-state index in [1.807, 2.05) is 20.8 Å². The summed E-state index contributed by atoms with van der Waals surface area (Å²) in [6, 6.07) is 0.